The number of unbranched alkanes of at least 4 members (excludes halogenated alkanes) is 1. The summed E-state index contributed by atoms with van der Waals surface area (Å²) in [6.07, 6.45) is 7.02. The predicted molar refractivity (Wildman–Crippen MR) is 111 cm³/mol. The van der Waals surface area contributed by atoms with Crippen molar-refractivity contribution in [3.8, 4) is 0 Å². The molecule has 0 aromatic carbocycles. The molecule has 0 bridgehead atoms. The highest BCUT2D eigenvalue weighted by molar-refractivity contribution is 5.88. The number of rotatable bonds is 7. The maximum Gasteiger partial charge on any atom is 0.416 e. The number of ether oxygens (including phenoxy) is 1. The molecule has 0 saturated carbocycles. The SMILES string of the molecule is CCCCN1CCC[C@H]1c1cccnc1N(C(=O)OC(C)(C)C)[C@H](C)CC. The molecule has 0 spiro atoms. The highest BCUT2D eigenvalue weighted by atomic mass is 16.6. The van der Waals surface area contributed by atoms with E-state index in [-0.39, 0.29) is 12.1 Å². The lowest BCUT2D eigenvalue weighted by atomic mass is 10.0. The van der Waals surface area contributed by atoms with Crippen molar-refractivity contribution >= 4 is 11.9 Å². The van der Waals surface area contributed by atoms with Crippen LogP contribution in [0.1, 0.15) is 85.3 Å². The minimum absolute atomic E-state index is 0.0268. The van der Waals surface area contributed by atoms with E-state index in [1.807, 2.05) is 26.8 Å². The van der Waals surface area contributed by atoms with Crippen molar-refractivity contribution in [2.75, 3.05) is 18.0 Å². The highest BCUT2D eigenvalue weighted by Gasteiger charge is 2.34. The van der Waals surface area contributed by atoms with Crippen LogP contribution in [0.2, 0.25) is 0 Å². The minimum atomic E-state index is -0.530. The fourth-order valence-corrected chi connectivity index (χ4v) is 3.65. The molecule has 2 heterocycles. The lowest BCUT2D eigenvalue weighted by Gasteiger charge is -2.34. The molecule has 1 amide bonds. The zero-order valence-corrected chi connectivity index (χ0v) is 18.0. The summed E-state index contributed by atoms with van der Waals surface area (Å²) in [7, 11) is 0. The monoisotopic (exact) mass is 375 g/mol. The largest absolute Gasteiger partial charge is 0.443 e. The van der Waals surface area contributed by atoms with Crippen LogP contribution in [0.15, 0.2) is 18.3 Å². The van der Waals surface area contributed by atoms with E-state index in [4.69, 9.17) is 4.74 Å². The first-order chi connectivity index (χ1) is 12.8. The van der Waals surface area contributed by atoms with Crippen LogP contribution in [0.5, 0.6) is 0 Å². The lowest BCUT2D eigenvalue weighted by Crippen LogP contribution is -2.43. The summed E-state index contributed by atoms with van der Waals surface area (Å²) in [4.78, 5) is 22.0. The van der Waals surface area contributed by atoms with Gasteiger partial charge >= 0.3 is 6.09 Å². The summed E-state index contributed by atoms with van der Waals surface area (Å²) < 4.78 is 5.72. The van der Waals surface area contributed by atoms with Crippen molar-refractivity contribution in [2.24, 2.45) is 0 Å². The number of hydrogen-bond acceptors (Lipinski definition) is 4. The normalized spacial score (nSPS) is 19.1. The quantitative estimate of drug-likeness (QED) is 0.626. The molecule has 1 aromatic heterocycles. The molecule has 0 aliphatic carbocycles. The van der Waals surface area contributed by atoms with Gasteiger partial charge in [0.15, 0.2) is 0 Å². The molecule has 27 heavy (non-hydrogen) atoms. The van der Waals surface area contributed by atoms with Crippen LogP contribution in [-0.4, -0.2) is 40.7 Å². The minimum Gasteiger partial charge on any atom is -0.443 e. The summed E-state index contributed by atoms with van der Waals surface area (Å²) in [5.74, 6) is 0.759. The van der Waals surface area contributed by atoms with Gasteiger partial charge in [-0.25, -0.2) is 9.78 Å². The average molecular weight is 376 g/mol. The van der Waals surface area contributed by atoms with Crippen LogP contribution in [0.3, 0.4) is 0 Å². The van der Waals surface area contributed by atoms with Gasteiger partial charge in [0.2, 0.25) is 0 Å². The first kappa shape index (κ1) is 21.7. The molecule has 2 rings (SSSR count). The Balaban J connectivity index is 2.38. The molecule has 1 aromatic rings. The van der Waals surface area contributed by atoms with E-state index < -0.39 is 5.60 Å². The Morgan fingerprint density at radius 2 is 2.15 bits per heavy atom. The van der Waals surface area contributed by atoms with Gasteiger partial charge < -0.3 is 4.74 Å². The molecule has 0 N–H and O–H groups in total. The Labute approximate surface area is 165 Å². The fraction of sp³-hybridized carbons (Fsp3) is 0.727. The second-order valence-corrected chi connectivity index (χ2v) is 8.57. The molecule has 1 aliphatic rings. The van der Waals surface area contributed by atoms with E-state index in [1.165, 1.54) is 19.3 Å². The zero-order valence-electron chi connectivity index (χ0n) is 18.0. The number of likely N-dealkylation sites (tertiary alicyclic amines) is 1. The van der Waals surface area contributed by atoms with Gasteiger partial charge in [-0.3, -0.25) is 9.80 Å². The van der Waals surface area contributed by atoms with Gasteiger partial charge in [-0.1, -0.05) is 26.3 Å². The summed E-state index contributed by atoms with van der Waals surface area (Å²) in [6.45, 7) is 14.3. The molecular formula is C22H37N3O2. The summed E-state index contributed by atoms with van der Waals surface area (Å²) in [5.41, 5.74) is 0.621. The Kier molecular flexibility index (Phi) is 7.66. The van der Waals surface area contributed by atoms with Gasteiger partial charge in [0.05, 0.1) is 0 Å². The Hall–Kier alpha value is -1.62. The molecule has 1 aliphatic heterocycles. The van der Waals surface area contributed by atoms with E-state index in [9.17, 15) is 4.79 Å². The molecule has 2 atom stereocenters. The van der Waals surface area contributed by atoms with E-state index >= 15 is 0 Å². The fourth-order valence-electron chi connectivity index (χ4n) is 3.65. The van der Waals surface area contributed by atoms with Crippen molar-refractivity contribution in [3.63, 3.8) is 0 Å². The predicted octanol–water partition coefficient (Wildman–Crippen LogP) is 5.56. The van der Waals surface area contributed by atoms with Crippen molar-refractivity contribution in [3.05, 3.63) is 23.9 Å². The van der Waals surface area contributed by atoms with Gasteiger partial charge in [-0.15, -0.1) is 0 Å². The van der Waals surface area contributed by atoms with Gasteiger partial charge in [0.1, 0.15) is 11.4 Å². The standard InChI is InChI=1S/C22H37N3O2/c1-7-9-15-24-16-11-13-19(24)18-12-10-14-23-20(18)25(17(3)8-2)21(26)27-22(4,5)6/h10,12,14,17,19H,7-9,11,13,15-16H2,1-6H3/t17-,19+/m1/s1. The number of carbonyl (C=O) groups is 1. The second-order valence-electron chi connectivity index (χ2n) is 8.57. The van der Waals surface area contributed by atoms with Crippen LogP contribution in [0.4, 0.5) is 10.6 Å². The van der Waals surface area contributed by atoms with E-state index in [0.29, 0.717) is 6.04 Å². The van der Waals surface area contributed by atoms with Crippen LogP contribution < -0.4 is 4.90 Å². The molecular weight excluding hydrogens is 338 g/mol. The summed E-state index contributed by atoms with van der Waals surface area (Å²) >= 11 is 0. The van der Waals surface area contributed by atoms with Gasteiger partial charge in [0, 0.05) is 23.8 Å². The van der Waals surface area contributed by atoms with Crippen molar-refractivity contribution in [2.45, 2.75) is 91.3 Å². The van der Waals surface area contributed by atoms with Crippen molar-refractivity contribution in [1.29, 1.82) is 0 Å². The third kappa shape index (κ3) is 5.68. The lowest BCUT2D eigenvalue weighted by molar-refractivity contribution is 0.0565. The van der Waals surface area contributed by atoms with Gasteiger partial charge in [-0.05, 0) is 72.5 Å². The molecule has 5 nitrogen and oxygen atoms in total. The third-order valence-corrected chi connectivity index (χ3v) is 5.19. The molecule has 1 fully saturated rings. The Bertz CT molecular complexity index is 612. The van der Waals surface area contributed by atoms with Crippen molar-refractivity contribution < 1.29 is 9.53 Å². The van der Waals surface area contributed by atoms with Crippen LogP contribution in [-0.2, 0) is 4.74 Å². The number of anilines is 1. The summed E-state index contributed by atoms with van der Waals surface area (Å²) in [6, 6.07) is 4.48. The number of pyridine rings is 1. The van der Waals surface area contributed by atoms with E-state index in [2.05, 4.69) is 36.7 Å². The third-order valence-electron chi connectivity index (χ3n) is 5.19. The van der Waals surface area contributed by atoms with Crippen LogP contribution in [0, 0.1) is 0 Å². The smallest absolute Gasteiger partial charge is 0.416 e. The zero-order chi connectivity index (χ0) is 20.0. The number of aromatic nitrogens is 1. The van der Waals surface area contributed by atoms with E-state index in [1.54, 1.807) is 11.1 Å². The first-order valence-corrected chi connectivity index (χ1v) is 10.5. The second kappa shape index (κ2) is 9.54. The topological polar surface area (TPSA) is 45.7 Å². The molecule has 5 heteroatoms. The Morgan fingerprint density at radius 1 is 1.41 bits per heavy atom. The van der Waals surface area contributed by atoms with Crippen molar-refractivity contribution in [1.82, 2.24) is 9.88 Å². The number of hydrogen-bond donors (Lipinski definition) is 0. The maximum absolute atomic E-state index is 13.0. The molecule has 1 saturated heterocycles. The summed E-state index contributed by atoms with van der Waals surface area (Å²) in [5, 5.41) is 0. The Morgan fingerprint density at radius 3 is 2.78 bits per heavy atom. The molecule has 0 radical (unpaired) electrons. The highest BCUT2D eigenvalue weighted by Crippen LogP contribution is 2.37. The van der Waals surface area contributed by atoms with Gasteiger partial charge in [0.25, 0.3) is 0 Å². The maximum atomic E-state index is 13.0. The van der Waals surface area contributed by atoms with Gasteiger partial charge in [-0.2, -0.15) is 0 Å². The molecule has 0 unspecified atom stereocenters. The number of carbonyl (C=O) groups excluding carboxylic acids is 1. The van der Waals surface area contributed by atoms with Crippen LogP contribution in [0.25, 0.3) is 0 Å². The number of nitrogens with zero attached hydrogens (tertiary/aromatic N) is 3. The first-order valence-electron chi connectivity index (χ1n) is 10.5. The van der Waals surface area contributed by atoms with Crippen LogP contribution >= 0.6 is 0 Å². The number of amides is 1. The van der Waals surface area contributed by atoms with E-state index in [0.717, 1.165) is 37.3 Å². The molecule has 152 valence electrons. The average Bonchev–Trinajstić information content (AvgIpc) is 3.07.